The molecule has 2 aromatic rings. The van der Waals surface area contributed by atoms with Crippen LogP contribution in [0.3, 0.4) is 0 Å². The third-order valence-corrected chi connectivity index (χ3v) is 4.22. The number of carbonyl (C=O) groups excluding carboxylic acids is 1. The van der Waals surface area contributed by atoms with Crippen molar-refractivity contribution < 1.29 is 19.0 Å². The molecule has 0 aliphatic carbocycles. The predicted octanol–water partition coefficient (Wildman–Crippen LogP) is 3.66. The number of halogens is 1. The summed E-state index contributed by atoms with van der Waals surface area (Å²) in [5.74, 6) is 1.66. The summed E-state index contributed by atoms with van der Waals surface area (Å²) in [4.78, 5) is 12.2. The summed E-state index contributed by atoms with van der Waals surface area (Å²) in [6.45, 7) is 2.13. The number of hydrogen-bond donors (Lipinski definition) is 2. The number of hydrogen-bond acceptors (Lipinski definition) is 5. The molecule has 0 fully saturated rings. The minimum absolute atomic E-state index is 0.0414. The summed E-state index contributed by atoms with van der Waals surface area (Å²) < 4.78 is 15.7. The van der Waals surface area contributed by atoms with Gasteiger partial charge in [0.1, 0.15) is 5.75 Å². The minimum Gasteiger partial charge on any atom is -0.495 e. The largest absolute Gasteiger partial charge is 0.495 e. The van der Waals surface area contributed by atoms with Gasteiger partial charge in [0, 0.05) is 17.8 Å². The van der Waals surface area contributed by atoms with E-state index in [0.717, 1.165) is 5.56 Å². The molecule has 0 unspecified atom stereocenters. The molecule has 0 bridgehead atoms. The first-order chi connectivity index (χ1) is 12.5. The van der Waals surface area contributed by atoms with Crippen LogP contribution in [0.5, 0.6) is 17.2 Å². The zero-order valence-electron chi connectivity index (χ0n) is 15.3. The molecule has 2 N–H and O–H groups in total. The monoisotopic (exact) mass is 378 g/mol. The van der Waals surface area contributed by atoms with Crippen LogP contribution in [-0.4, -0.2) is 33.8 Å². The number of amides is 1. The molecule has 7 heteroatoms. The van der Waals surface area contributed by atoms with Gasteiger partial charge >= 0.3 is 0 Å². The SMILES string of the molecule is COc1cc(NC(=O)CN[C@H](C)c2ccc(OC)c(OC)c2)ccc1Cl. The molecule has 26 heavy (non-hydrogen) atoms. The number of ether oxygens (including phenoxy) is 3. The molecule has 0 aliphatic rings. The Bertz CT molecular complexity index is 767. The number of methoxy groups -OCH3 is 3. The number of carbonyl (C=O) groups is 1. The van der Waals surface area contributed by atoms with E-state index in [-0.39, 0.29) is 18.5 Å². The molecule has 0 saturated carbocycles. The Morgan fingerprint density at radius 1 is 1.00 bits per heavy atom. The zero-order chi connectivity index (χ0) is 19.1. The Morgan fingerprint density at radius 3 is 2.35 bits per heavy atom. The standard InChI is InChI=1S/C19H23ClN2O4/c1-12(13-5-8-16(24-2)18(9-13)26-4)21-11-19(23)22-14-6-7-15(20)17(10-14)25-3/h5-10,12,21H,11H2,1-4H3,(H,22,23)/t12-/m1/s1. The summed E-state index contributed by atoms with van der Waals surface area (Å²) in [7, 11) is 4.71. The molecule has 0 aliphatic heterocycles. The number of benzene rings is 2. The number of rotatable bonds is 8. The lowest BCUT2D eigenvalue weighted by Crippen LogP contribution is -2.30. The van der Waals surface area contributed by atoms with Crippen LogP contribution in [0.15, 0.2) is 36.4 Å². The van der Waals surface area contributed by atoms with E-state index < -0.39 is 0 Å². The van der Waals surface area contributed by atoms with Crippen molar-refractivity contribution in [1.82, 2.24) is 5.32 Å². The van der Waals surface area contributed by atoms with Gasteiger partial charge in [-0.25, -0.2) is 0 Å². The first-order valence-corrected chi connectivity index (χ1v) is 8.45. The van der Waals surface area contributed by atoms with Gasteiger partial charge in [-0.2, -0.15) is 0 Å². The van der Waals surface area contributed by atoms with Gasteiger partial charge < -0.3 is 24.8 Å². The molecule has 0 spiro atoms. The van der Waals surface area contributed by atoms with E-state index in [2.05, 4.69) is 10.6 Å². The van der Waals surface area contributed by atoms with Gasteiger partial charge in [-0.3, -0.25) is 4.79 Å². The molecular formula is C19H23ClN2O4. The fourth-order valence-electron chi connectivity index (χ4n) is 2.43. The second-order valence-electron chi connectivity index (χ2n) is 5.61. The molecule has 0 saturated heterocycles. The highest BCUT2D eigenvalue weighted by molar-refractivity contribution is 6.32. The highest BCUT2D eigenvalue weighted by Gasteiger charge is 2.12. The fraction of sp³-hybridized carbons (Fsp3) is 0.316. The van der Waals surface area contributed by atoms with E-state index in [1.807, 2.05) is 25.1 Å². The highest BCUT2D eigenvalue weighted by atomic mass is 35.5. The quantitative estimate of drug-likeness (QED) is 0.733. The molecular weight excluding hydrogens is 356 g/mol. The van der Waals surface area contributed by atoms with Crippen LogP contribution in [0.2, 0.25) is 5.02 Å². The summed E-state index contributed by atoms with van der Waals surface area (Å²) >= 11 is 5.98. The Hall–Kier alpha value is -2.44. The van der Waals surface area contributed by atoms with Gasteiger partial charge in [0.15, 0.2) is 11.5 Å². The summed E-state index contributed by atoms with van der Waals surface area (Å²) in [6.07, 6.45) is 0. The second kappa shape index (κ2) is 9.31. The van der Waals surface area contributed by atoms with Crippen molar-refractivity contribution in [3.63, 3.8) is 0 Å². The lowest BCUT2D eigenvalue weighted by molar-refractivity contribution is -0.115. The Morgan fingerprint density at radius 2 is 1.69 bits per heavy atom. The van der Waals surface area contributed by atoms with Gasteiger partial charge in [-0.05, 0) is 36.8 Å². The van der Waals surface area contributed by atoms with Crippen LogP contribution in [0.4, 0.5) is 5.69 Å². The van der Waals surface area contributed by atoms with Crippen LogP contribution < -0.4 is 24.8 Å². The first kappa shape index (κ1) is 19.9. The third kappa shape index (κ3) is 5.03. The maximum Gasteiger partial charge on any atom is 0.238 e. The van der Waals surface area contributed by atoms with Gasteiger partial charge in [0.05, 0.1) is 32.9 Å². The van der Waals surface area contributed by atoms with Crippen LogP contribution in [-0.2, 0) is 4.79 Å². The predicted molar refractivity (Wildman–Crippen MR) is 103 cm³/mol. The number of nitrogens with one attached hydrogen (secondary N) is 2. The molecule has 6 nitrogen and oxygen atoms in total. The molecule has 2 rings (SSSR count). The molecule has 2 aromatic carbocycles. The van der Waals surface area contributed by atoms with Crippen LogP contribution >= 0.6 is 11.6 Å². The Kier molecular flexibility index (Phi) is 7.12. The van der Waals surface area contributed by atoms with Gasteiger partial charge in [-0.15, -0.1) is 0 Å². The van der Waals surface area contributed by atoms with Crippen molar-refractivity contribution in [3.05, 3.63) is 47.0 Å². The van der Waals surface area contributed by atoms with E-state index >= 15 is 0 Å². The third-order valence-electron chi connectivity index (χ3n) is 3.91. The number of anilines is 1. The van der Waals surface area contributed by atoms with Crippen molar-refractivity contribution in [2.45, 2.75) is 13.0 Å². The molecule has 140 valence electrons. The maximum absolute atomic E-state index is 12.2. The van der Waals surface area contributed by atoms with Gasteiger partial charge in [0.25, 0.3) is 0 Å². The topological polar surface area (TPSA) is 68.8 Å². The average Bonchev–Trinajstić information content (AvgIpc) is 2.66. The summed E-state index contributed by atoms with van der Waals surface area (Å²) in [5, 5.41) is 6.48. The van der Waals surface area contributed by atoms with Crippen molar-refractivity contribution in [1.29, 1.82) is 0 Å². The summed E-state index contributed by atoms with van der Waals surface area (Å²) in [5.41, 5.74) is 1.61. The van der Waals surface area contributed by atoms with E-state index in [0.29, 0.717) is 28.0 Å². The Balaban J connectivity index is 1.94. The minimum atomic E-state index is -0.165. The normalized spacial score (nSPS) is 11.6. The van der Waals surface area contributed by atoms with Gasteiger partial charge in [0.2, 0.25) is 5.91 Å². The molecule has 0 aromatic heterocycles. The van der Waals surface area contributed by atoms with Crippen LogP contribution in [0.25, 0.3) is 0 Å². The maximum atomic E-state index is 12.2. The Labute approximate surface area is 158 Å². The first-order valence-electron chi connectivity index (χ1n) is 8.07. The lowest BCUT2D eigenvalue weighted by atomic mass is 10.1. The van der Waals surface area contributed by atoms with Crippen molar-refractivity contribution in [2.75, 3.05) is 33.2 Å². The second-order valence-corrected chi connectivity index (χ2v) is 6.02. The van der Waals surface area contributed by atoms with Gasteiger partial charge in [-0.1, -0.05) is 17.7 Å². The van der Waals surface area contributed by atoms with Crippen LogP contribution in [0.1, 0.15) is 18.5 Å². The van der Waals surface area contributed by atoms with Crippen molar-refractivity contribution in [2.24, 2.45) is 0 Å². The highest BCUT2D eigenvalue weighted by Crippen LogP contribution is 2.30. The fourth-order valence-corrected chi connectivity index (χ4v) is 2.62. The smallest absolute Gasteiger partial charge is 0.238 e. The average molecular weight is 379 g/mol. The van der Waals surface area contributed by atoms with E-state index in [1.54, 1.807) is 32.4 Å². The molecule has 1 atom stereocenters. The lowest BCUT2D eigenvalue weighted by Gasteiger charge is -2.16. The van der Waals surface area contributed by atoms with E-state index in [4.69, 9.17) is 25.8 Å². The van der Waals surface area contributed by atoms with Crippen LogP contribution in [0, 0.1) is 0 Å². The summed E-state index contributed by atoms with van der Waals surface area (Å²) in [6, 6.07) is 10.7. The van der Waals surface area contributed by atoms with E-state index in [1.165, 1.54) is 7.11 Å². The van der Waals surface area contributed by atoms with E-state index in [9.17, 15) is 4.79 Å². The molecule has 0 heterocycles. The van der Waals surface area contributed by atoms with Crippen molar-refractivity contribution in [3.8, 4) is 17.2 Å². The zero-order valence-corrected chi connectivity index (χ0v) is 16.0. The molecule has 0 radical (unpaired) electrons. The molecule has 1 amide bonds. The van der Waals surface area contributed by atoms with Crippen molar-refractivity contribution >= 4 is 23.2 Å².